The molecule has 3 heteroatoms. The molecule has 0 radical (unpaired) electrons. The molecule has 1 N–H and O–H groups in total. The maximum Gasteiger partial charge on any atom is 0.0464 e. The standard InChI is InChI=1S/C18H27BrClN/c1-12(15-7-6-13(19)8-16(15)20)21-14-9-17(2,3)11-18(4,5)10-14/h6-8,12,14,21H,9-11H2,1-5H3. The van der Waals surface area contributed by atoms with Gasteiger partial charge in [0.15, 0.2) is 0 Å². The van der Waals surface area contributed by atoms with Crippen molar-refractivity contribution >= 4 is 27.5 Å². The van der Waals surface area contributed by atoms with Gasteiger partial charge >= 0.3 is 0 Å². The molecule has 0 aromatic heterocycles. The Labute approximate surface area is 143 Å². The molecule has 0 aliphatic heterocycles. The third-order valence-electron chi connectivity index (χ3n) is 4.47. The molecule has 118 valence electrons. The number of hydrogen-bond donors (Lipinski definition) is 1. The highest BCUT2D eigenvalue weighted by atomic mass is 79.9. The fourth-order valence-electron chi connectivity index (χ4n) is 4.26. The van der Waals surface area contributed by atoms with Crippen LogP contribution in [0.1, 0.15) is 65.5 Å². The zero-order valence-electron chi connectivity index (χ0n) is 13.8. The summed E-state index contributed by atoms with van der Waals surface area (Å²) in [6, 6.07) is 6.99. The summed E-state index contributed by atoms with van der Waals surface area (Å²) in [6.07, 6.45) is 3.76. The minimum atomic E-state index is 0.278. The van der Waals surface area contributed by atoms with Crippen LogP contribution in [0.15, 0.2) is 22.7 Å². The largest absolute Gasteiger partial charge is 0.307 e. The van der Waals surface area contributed by atoms with Crippen molar-refractivity contribution in [3.05, 3.63) is 33.3 Å². The highest BCUT2D eigenvalue weighted by molar-refractivity contribution is 9.10. The van der Waals surface area contributed by atoms with Gasteiger partial charge in [0, 0.05) is 21.6 Å². The first-order valence-corrected chi connectivity index (χ1v) is 8.96. The van der Waals surface area contributed by atoms with Crippen molar-refractivity contribution in [2.45, 2.75) is 66.0 Å². The third-order valence-corrected chi connectivity index (χ3v) is 5.29. The van der Waals surface area contributed by atoms with Crippen LogP contribution in [0.25, 0.3) is 0 Å². The van der Waals surface area contributed by atoms with E-state index in [1.165, 1.54) is 24.8 Å². The predicted molar refractivity (Wildman–Crippen MR) is 95.9 cm³/mol. The van der Waals surface area contributed by atoms with Crippen LogP contribution in [0.2, 0.25) is 5.02 Å². The van der Waals surface area contributed by atoms with Gasteiger partial charge in [-0.2, -0.15) is 0 Å². The average molecular weight is 373 g/mol. The molecule has 2 rings (SSSR count). The lowest BCUT2D eigenvalue weighted by molar-refractivity contribution is 0.0811. The van der Waals surface area contributed by atoms with E-state index in [1.54, 1.807) is 0 Å². The van der Waals surface area contributed by atoms with Crippen LogP contribution in [0, 0.1) is 10.8 Å². The number of halogens is 2. The van der Waals surface area contributed by atoms with Crippen LogP contribution >= 0.6 is 27.5 Å². The summed E-state index contributed by atoms with van der Waals surface area (Å²) in [5.74, 6) is 0. The van der Waals surface area contributed by atoms with Gasteiger partial charge < -0.3 is 5.32 Å². The van der Waals surface area contributed by atoms with Crippen LogP contribution in [0.5, 0.6) is 0 Å². The lowest BCUT2D eigenvalue weighted by atomic mass is 9.63. The normalized spacial score (nSPS) is 23.0. The molecule has 1 aromatic carbocycles. The summed E-state index contributed by atoms with van der Waals surface area (Å²) in [5, 5.41) is 4.64. The van der Waals surface area contributed by atoms with E-state index >= 15 is 0 Å². The Balaban J connectivity index is 2.10. The van der Waals surface area contributed by atoms with E-state index in [4.69, 9.17) is 11.6 Å². The molecule has 0 heterocycles. The van der Waals surface area contributed by atoms with Gasteiger partial charge in [-0.15, -0.1) is 0 Å². The van der Waals surface area contributed by atoms with E-state index in [2.05, 4.69) is 68.0 Å². The van der Waals surface area contributed by atoms with E-state index in [-0.39, 0.29) is 6.04 Å². The van der Waals surface area contributed by atoms with Crippen LogP contribution in [0.4, 0.5) is 0 Å². The Morgan fingerprint density at radius 2 is 1.76 bits per heavy atom. The van der Waals surface area contributed by atoms with E-state index in [0.29, 0.717) is 16.9 Å². The molecule has 1 fully saturated rings. The first-order valence-electron chi connectivity index (χ1n) is 7.79. The Kier molecular flexibility index (Phi) is 5.12. The number of benzene rings is 1. The summed E-state index contributed by atoms with van der Waals surface area (Å²) in [7, 11) is 0. The fraction of sp³-hybridized carbons (Fsp3) is 0.667. The van der Waals surface area contributed by atoms with Crippen LogP contribution in [0.3, 0.4) is 0 Å². The maximum atomic E-state index is 6.38. The lowest BCUT2D eigenvalue weighted by Crippen LogP contribution is -2.44. The zero-order chi connectivity index (χ0) is 15.8. The summed E-state index contributed by atoms with van der Waals surface area (Å²) in [5.41, 5.74) is 1.99. The highest BCUT2D eigenvalue weighted by Gasteiger charge is 2.38. The number of nitrogens with one attached hydrogen (secondary N) is 1. The van der Waals surface area contributed by atoms with E-state index in [0.717, 1.165) is 9.50 Å². The summed E-state index contributed by atoms with van der Waals surface area (Å²) in [6.45, 7) is 11.8. The fourth-order valence-corrected chi connectivity index (χ4v) is 5.10. The second-order valence-corrected chi connectivity index (χ2v) is 9.49. The molecule has 1 aliphatic carbocycles. The van der Waals surface area contributed by atoms with E-state index in [9.17, 15) is 0 Å². The molecule has 1 unspecified atom stereocenters. The van der Waals surface area contributed by atoms with Crippen LogP contribution in [-0.4, -0.2) is 6.04 Å². The predicted octanol–water partition coefficient (Wildman–Crippen LogP) is 6.36. The van der Waals surface area contributed by atoms with Crippen molar-refractivity contribution in [1.29, 1.82) is 0 Å². The second kappa shape index (κ2) is 6.22. The molecule has 0 spiro atoms. The molecule has 1 aromatic rings. The Morgan fingerprint density at radius 3 is 2.29 bits per heavy atom. The maximum absolute atomic E-state index is 6.38. The first kappa shape index (κ1) is 17.3. The molecule has 1 saturated carbocycles. The topological polar surface area (TPSA) is 12.0 Å². The molecule has 0 bridgehead atoms. The molecular weight excluding hydrogens is 346 g/mol. The molecule has 1 nitrogen and oxygen atoms in total. The Bertz CT molecular complexity index is 494. The average Bonchev–Trinajstić information content (AvgIpc) is 2.23. The van der Waals surface area contributed by atoms with Crippen LogP contribution < -0.4 is 5.32 Å². The van der Waals surface area contributed by atoms with E-state index in [1.807, 2.05) is 6.07 Å². The van der Waals surface area contributed by atoms with Gasteiger partial charge in [0.2, 0.25) is 0 Å². The van der Waals surface area contributed by atoms with Crippen molar-refractivity contribution in [1.82, 2.24) is 5.32 Å². The molecule has 0 saturated heterocycles. The van der Waals surface area contributed by atoms with E-state index < -0.39 is 0 Å². The minimum absolute atomic E-state index is 0.278. The summed E-state index contributed by atoms with van der Waals surface area (Å²) < 4.78 is 1.03. The van der Waals surface area contributed by atoms with Crippen LogP contribution in [-0.2, 0) is 0 Å². The molecule has 1 aliphatic rings. The molecule has 1 atom stereocenters. The quantitative estimate of drug-likeness (QED) is 0.651. The number of hydrogen-bond acceptors (Lipinski definition) is 1. The minimum Gasteiger partial charge on any atom is -0.307 e. The van der Waals surface area contributed by atoms with Gasteiger partial charge in [-0.05, 0) is 54.7 Å². The monoisotopic (exact) mass is 371 g/mol. The van der Waals surface area contributed by atoms with Gasteiger partial charge in [-0.25, -0.2) is 0 Å². The van der Waals surface area contributed by atoms with Gasteiger partial charge in [-0.3, -0.25) is 0 Å². The van der Waals surface area contributed by atoms with Crippen molar-refractivity contribution in [2.24, 2.45) is 10.8 Å². The first-order chi connectivity index (χ1) is 9.58. The SMILES string of the molecule is CC(NC1CC(C)(C)CC(C)(C)C1)c1ccc(Br)cc1Cl. The summed E-state index contributed by atoms with van der Waals surface area (Å²) >= 11 is 9.85. The Hall–Kier alpha value is -0.0500. The van der Waals surface area contributed by atoms with Gasteiger partial charge in [-0.1, -0.05) is 61.3 Å². The second-order valence-electron chi connectivity index (χ2n) is 8.16. The highest BCUT2D eigenvalue weighted by Crippen LogP contribution is 2.46. The lowest BCUT2D eigenvalue weighted by Gasteiger charge is -2.46. The molecule has 21 heavy (non-hydrogen) atoms. The third kappa shape index (κ3) is 4.71. The Morgan fingerprint density at radius 1 is 1.19 bits per heavy atom. The van der Waals surface area contributed by atoms with Gasteiger partial charge in [0.05, 0.1) is 0 Å². The number of rotatable bonds is 3. The van der Waals surface area contributed by atoms with Gasteiger partial charge in [0.25, 0.3) is 0 Å². The summed E-state index contributed by atoms with van der Waals surface area (Å²) in [4.78, 5) is 0. The molecular formula is C18H27BrClN. The van der Waals surface area contributed by atoms with Gasteiger partial charge in [0.1, 0.15) is 0 Å². The smallest absolute Gasteiger partial charge is 0.0464 e. The van der Waals surface area contributed by atoms with Crippen molar-refractivity contribution in [3.63, 3.8) is 0 Å². The van der Waals surface area contributed by atoms with Crippen molar-refractivity contribution in [2.75, 3.05) is 0 Å². The van der Waals surface area contributed by atoms with Crippen molar-refractivity contribution < 1.29 is 0 Å². The zero-order valence-corrected chi connectivity index (χ0v) is 16.1. The molecule has 0 amide bonds. The van der Waals surface area contributed by atoms with Crippen molar-refractivity contribution in [3.8, 4) is 0 Å².